The van der Waals surface area contributed by atoms with E-state index in [0.29, 0.717) is 6.29 Å². The summed E-state index contributed by atoms with van der Waals surface area (Å²) in [6, 6.07) is 2.14. The van der Waals surface area contributed by atoms with Crippen LogP contribution in [0.4, 0.5) is 18.9 Å². The van der Waals surface area contributed by atoms with E-state index in [4.69, 9.17) is 4.74 Å². The lowest BCUT2D eigenvalue weighted by atomic mass is 10.1. The first-order chi connectivity index (χ1) is 10.4. The third-order valence-electron chi connectivity index (χ3n) is 3.34. The zero-order chi connectivity index (χ0) is 16.3. The summed E-state index contributed by atoms with van der Waals surface area (Å²) < 4.78 is 48.6. The number of morpholine rings is 1. The predicted molar refractivity (Wildman–Crippen MR) is 70.8 cm³/mol. The summed E-state index contributed by atoms with van der Waals surface area (Å²) in [6.07, 6.45) is -4.24. The summed E-state index contributed by atoms with van der Waals surface area (Å²) in [5.74, 6) is -0.607. The molecule has 2 rings (SSSR count). The highest BCUT2D eigenvalue weighted by molar-refractivity contribution is 5.82. The van der Waals surface area contributed by atoms with Gasteiger partial charge in [0, 0.05) is 17.8 Å². The Labute approximate surface area is 124 Å². The van der Waals surface area contributed by atoms with Crippen molar-refractivity contribution < 1.29 is 32.2 Å². The number of benzene rings is 1. The molecule has 0 radical (unpaired) electrons. The molecule has 8 heteroatoms. The molecular formula is C14H14F3NO4. The second kappa shape index (κ2) is 6.35. The average molecular weight is 317 g/mol. The Morgan fingerprint density at radius 3 is 2.73 bits per heavy atom. The van der Waals surface area contributed by atoms with E-state index >= 15 is 0 Å². The molecule has 1 atom stereocenters. The SMILES string of the molecule is COC(=O)C1COCCN1c1cc(C=O)cc(C(F)(F)F)c1. The standard InChI is InChI=1S/C14H14F3NO4/c1-21-13(20)12-8-22-3-2-18(12)11-5-9(7-19)4-10(6-11)14(15,16)17/h4-7,12H,2-3,8H2,1H3. The van der Waals surface area contributed by atoms with Crippen molar-refractivity contribution in [1.82, 2.24) is 0 Å². The summed E-state index contributed by atoms with van der Waals surface area (Å²) in [5.41, 5.74) is -0.919. The van der Waals surface area contributed by atoms with Gasteiger partial charge in [0.1, 0.15) is 6.29 Å². The van der Waals surface area contributed by atoms with Crippen LogP contribution >= 0.6 is 0 Å². The van der Waals surface area contributed by atoms with Crippen molar-refractivity contribution in [2.24, 2.45) is 0 Å². The van der Waals surface area contributed by atoms with Gasteiger partial charge in [-0.1, -0.05) is 0 Å². The van der Waals surface area contributed by atoms with E-state index in [-0.39, 0.29) is 31.0 Å². The Balaban J connectivity index is 2.44. The number of rotatable bonds is 3. The average Bonchev–Trinajstić information content (AvgIpc) is 2.52. The Hall–Kier alpha value is -2.09. The number of aldehydes is 1. The molecule has 120 valence electrons. The summed E-state index contributed by atoms with van der Waals surface area (Å²) in [4.78, 5) is 24.1. The quantitative estimate of drug-likeness (QED) is 0.629. The topological polar surface area (TPSA) is 55.8 Å². The Bertz CT molecular complexity index is 574. The second-order valence-electron chi connectivity index (χ2n) is 4.74. The van der Waals surface area contributed by atoms with Gasteiger partial charge in [0.15, 0.2) is 6.04 Å². The van der Waals surface area contributed by atoms with Crippen molar-refractivity contribution in [3.05, 3.63) is 29.3 Å². The van der Waals surface area contributed by atoms with E-state index in [1.54, 1.807) is 0 Å². The van der Waals surface area contributed by atoms with E-state index in [9.17, 15) is 22.8 Å². The molecule has 0 aromatic heterocycles. The summed E-state index contributed by atoms with van der Waals surface area (Å²) in [7, 11) is 1.19. The van der Waals surface area contributed by atoms with Gasteiger partial charge >= 0.3 is 12.1 Å². The van der Waals surface area contributed by atoms with Crippen LogP contribution in [0.3, 0.4) is 0 Å². The lowest BCUT2D eigenvalue weighted by molar-refractivity contribution is -0.144. The van der Waals surface area contributed by atoms with Gasteiger partial charge in [0.25, 0.3) is 0 Å². The minimum absolute atomic E-state index is 0.0132. The van der Waals surface area contributed by atoms with E-state index in [1.165, 1.54) is 18.1 Å². The lowest BCUT2D eigenvalue weighted by Crippen LogP contribution is -2.50. The number of methoxy groups -OCH3 is 1. The molecule has 1 aromatic carbocycles. The first kappa shape index (κ1) is 16.3. The third-order valence-corrected chi connectivity index (χ3v) is 3.34. The van der Waals surface area contributed by atoms with Crippen molar-refractivity contribution in [2.45, 2.75) is 12.2 Å². The molecule has 0 aliphatic carbocycles. The Morgan fingerprint density at radius 1 is 1.41 bits per heavy atom. The monoisotopic (exact) mass is 317 g/mol. The molecule has 1 fully saturated rings. The molecule has 0 spiro atoms. The summed E-state index contributed by atoms with van der Waals surface area (Å²) in [6.45, 7) is 0.499. The van der Waals surface area contributed by atoms with Crippen LogP contribution in [-0.4, -0.2) is 45.2 Å². The number of anilines is 1. The molecule has 22 heavy (non-hydrogen) atoms. The van der Waals surface area contributed by atoms with Crippen molar-refractivity contribution in [3.8, 4) is 0 Å². The van der Waals surface area contributed by atoms with Gasteiger partial charge in [0.05, 0.1) is 25.9 Å². The van der Waals surface area contributed by atoms with Gasteiger partial charge in [-0.2, -0.15) is 13.2 Å². The number of esters is 1. The van der Waals surface area contributed by atoms with E-state index in [0.717, 1.165) is 12.1 Å². The highest BCUT2D eigenvalue weighted by atomic mass is 19.4. The molecule has 1 aliphatic heterocycles. The number of carbonyl (C=O) groups is 2. The van der Waals surface area contributed by atoms with Crippen LogP contribution in [0.5, 0.6) is 0 Å². The summed E-state index contributed by atoms with van der Waals surface area (Å²) >= 11 is 0. The van der Waals surface area contributed by atoms with Crippen LogP contribution in [0.15, 0.2) is 18.2 Å². The smallest absolute Gasteiger partial charge is 0.416 e. The van der Waals surface area contributed by atoms with E-state index in [1.807, 2.05) is 0 Å². The van der Waals surface area contributed by atoms with E-state index in [2.05, 4.69) is 4.74 Å². The number of hydrogen-bond acceptors (Lipinski definition) is 5. The van der Waals surface area contributed by atoms with Crippen LogP contribution in [-0.2, 0) is 20.4 Å². The second-order valence-corrected chi connectivity index (χ2v) is 4.74. The van der Waals surface area contributed by atoms with Gasteiger partial charge in [-0.3, -0.25) is 4.79 Å². The highest BCUT2D eigenvalue weighted by Crippen LogP contribution is 2.33. The Morgan fingerprint density at radius 2 is 2.14 bits per heavy atom. The first-order valence-corrected chi connectivity index (χ1v) is 6.46. The van der Waals surface area contributed by atoms with Crippen LogP contribution < -0.4 is 4.90 Å². The fraction of sp³-hybridized carbons (Fsp3) is 0.429. The van der Waals surface area contributed by atoms with Crippen LogP contribution in [0.2, 0.25) is 0 Å². The zero-order valence-corrected chi connectivity index (χ0v) is 11.7. The number of nitrogens with zero attached hydrogens (tertiary/aromatic N) is 1. The number of ether oxygens (including phenoxy) is 2. The van der Waals surface area contributed by atoms with Crippen molar-refractivity contribution in [2.75, 3.05) is 31.8 Å². The van der Waals surface area contributed by atoms with Crippen LogP contribution in [0.1, 0.15) is 15.9 Å². The van der Waals surface area contributed by atoms with Gasteiger partial charge < -0.3 is 14.4 Å². The molecular weight excluding hydrogens is 303 g/mol. The summed E-state index contributed by atoms with van der Waals surface area (Å²) in [5, 5.41) is 0. The molecule has 0 saturated carbocycles. The largest absolute Gasteiger partial charge is 0.467 e. The minimum Gasteiger partial charge on any atom is -0.467 e. The molecule has 1 unspecified atom stereocenters. The molecule has 1 heterocycles. The van der Waals surface area contributed by atoms with E-state index < -0.39 is 23.8 Å². The van der Waals surface area contributed by atoms with Crippen LogP contribution in [0.25, 0.3) is 0 Å². The number of carbonyl (C=O) groups excluding carboxylic acids is 2. The fourth-order valence-corrected chi connectivity index (χ4v) is 2.28. The molecule has 0 bridgehead atoms. The molecule has 0 amide bonds. The molecule has 0 N–H and O–H groups in total. The zero-order valence-electron chi connectivity index (χ0n) is 11.7. The van der Waals surface area contributed by atoms with Gasteiger partial charge in [-0.25, -0.2) is 4.79 Å². The number of halogens is 3. The minimum atomic E-state index is -4.58. The van der Waals surface area contributed by atoms with Gasteiger partial charge in [-0.05, 0) is 18.2 Å². The molecule has 1 aliphatic rings. The molecule has 1 aromatic rings. The highest BCUT2D eigenvalue weighted by Gasteiger charge is 2.34. The normalized spacial score (nSPS) is 18.9. The Kier molecular flexibility index (Phi) is 4.70. The van der Waals surface area contributed by atoms with Gasteiger partial charge in [-0.15, -0.1) is 0 Å². The van der Waals surface area contributed by atoms with Crippen LogP contribution in [0, 0.1) is 0 Å². The van der Waals surface area contributed by atoms with Gasteiger partial charge in [0.2, 0.25) is 0 Å². The number of alkyl halides is 3. The third kappa shape index (κ3) is 3.38. The maximum atomic E-state index is 12.9. The first-order valence-electron chi connectivity index (χ1n) is 6.46. The number of hydrogen-bond donors (Lipinski definition) is 0. The maximum Gasteiger partial charge on any atom is 0.416 e. The van der Waals surface area contributed by atoms with Crippen molar-refractivity contribution in [1.29, 1.82) is 0 Å². The van der Waals surface area contributed by atoms with Crippen molar-refractivity contribution >= 4 is 17.9 Å². The molecule has 5 nitrogen and oxygen atoms in total. The predicted octanol–water partition coefficient (Wildman–Crippen LogP) is 1.90. The fourth-order valence-electron chi connectivity index (χ4n) is 2.28. The van der Waals surface area contributed by atoms with Crippen molar-refractivity contribution in [3.63, 3.8) is 0 Å². The lowest BCUT2D eigenvalue weighted by Gasteiger charge is -2.35. The maximum absolute atomic E-state index is 12.9. The molecule has 1 saturated heterocycles.